The van der Waals surface area contributed by atoms with Crippen LogP contribution in [0.5, 0.6) is 0 Å². The molecule has 1 atom stereocenters. The summed E-state index contributed by atoms with van der Waals surface area (Å²) in [6.07, 6.45) is 18.8. The number of hydrogen-bond donors (Lipinski definition) is 2. The lowest BCUT2D eigenvalue weighted by Gasteiger charge is -2.32. The zero-order chi connectivity index (χ0) is 26.4. The lowest BCUT2D eigenvalue weighted by Crippen LogP contribution is -2.38. The maximum absolute atomic E-state index is 4.64. The molecule has 4 nitrogen and oxygen atoms in total. The second-order valence-electron chi connectivity index (χ2n) is 11.7. The molecule has 0 bridgehead atoms. The smallest absolute Gasteiger partial charge is 0.126 e. The molecule has 1 saturated heterocycles. The van der Waals surface area contributed by atoms with Crippen molar-refractivity contribution in [2.75, 3.05) is 38.0 Å². The van der Waals surface area contributed by atoms with Gasteiger partial charge in [0.05, 0.1) is 0 Å². The number of nitrogens with one attached hydrogen (secondary N) is 2. The Kier molecular flexibility index (Phi) is 12.0. The first-order valence-electron chi connectivity index (χ1n) is 15.6. The summed E-state index contributed by atoms with van der Waals surface area (Å²) in [6.45, 7) is 10.1. The van der Waals surface area contributed by atoms with Crippen molar-refractivity contribution in [3.63, 3.8) is 0 Å². The summed E-state index contributed by atoms with van der Waals surface area (Å²) in [5, 5.41) is 7.43. The van der Waals surface area contributed by atoms with Crippen molar-refractivity contribution in [1.82, 2.24) is 15.2 Å². The summed E-state index contributed by atoms with van der Waals surface area (Å²) in [7, 11) is 0. The molecular formula is C34H52N4. The van der Waals surface area contributed by atoms with Crippen LogP contribution in [0.4, 0.5) is 5.82 Å². The van der Waals surface area contributed by atoms with Gasteiger partial charge in [0.2, 0.25) is 0 Å². The van der Waals surface area contributed by atoms with Crippen LogP contribution in [-0.2, 0) is 6.42 Å². The monoisotopic (exact) mass is 516 g/mol. The van der Waals surface area contributed by atoms with E-state index in [0.717, 1.165) is 49.6 Å². The Morgan fingerprint density at radius 3 is 2.53 bits per heavy atom. The van der Waals surface area contributed by atoms with E-state index in [-0.39, 0.29) is 0 Å². The van der Waals surface area contributed by atoms with Gasteiger partial charge in [0, 0.05) is 37.1 Å². The number of hydrogen-bond acceptors (Lipinski definition) is 4. The van der Waals surface area contributed by atoms with Gasteiger partial charge in [-0.2, -0.15) is 0 Å². The number of allylic oxidation sites excluding steroid dienone is 1. The number of nitrogens with zero attached hydrogens (tertiary/aromatic N) is 2. The number of likely N-dealkylation sites (tertiary alicyclic amines) is 1. The average molecular weight is 517 g/mol. The second-order valence-corrected chi connectivity index (χ2v) is 11.7. The van der Waals surface area contributed by atoms with E-state index in [1.807, 2.05) is 6.20 Å². The van der Waals surface area contributed by atoms with Gasteiger partial charge in [-0.15, -0.1) is 0 Å². The molecule has 0 radical (unpaired) electrons. The molecule has 4 heteroatoms. The molecule has 2 fully saturated rings. The third-order valence-electron chi connectivity index (χ3n) is 8.56. The van der Waals surface area contributed by atoms with Gasteiger partial charge in [-0.1, -0.05) is 75.9 Å². The molecule has 1 unspecified atom stereocenters. The van der Waals surface area contributed by atoms with Crippen LogP contribution in [-0.4, -0.2) is 42.6 Å². The molecule has 1 aromatic heterocycles. The number of piperidine rings is 1. The van der Waals surface area contributed by atoms with Crippen molar-refractivity contribution >= 4 is 11.5 Å². The third kappa shape index (κ3) is 10.1. The lowest BCUT2D eigenvalue weighted by atomic mass is 9.90. The Balaban J connectivity index is 1.19. The van der Waals surface area contributed by atoms with Gasteiger partial charge in [0.25, 0.3) is 0 Å². The highest BCUT2D eigenvalue weighted by Gasteiger charge is 2.22. The number of pyridine rings is 1. The summed E-state index contributed by atoms with van der Waals surface area (Å²) in [5.74, 6) is 3.67. The summed E-state index contributed by atoms with van der Waals surface area (Å²) in [5.41, 5.74) is 3.97. The minimum absolute atomic E-state index is 0.761. The average Bonchev–Trinajstić information content (AvgIpc) is 3.79. The fourth-order valence-electron chi connectivity index (χ4n) is 5.94. The van der Waals surface area contributed by atoms with Gasteiger partial charge in [0.1, 0.15) is 5.82 Å². The van der Waals surface area contributed by atoms with E-state index >= 15 is 0 Å². The molecule has 1 aliphatic carbocycles. The molecule has 2 aliphatic rings. The summed E-state index contributed by atoms with van der Waals surface area (Å²) >= 11 is 0. The highest BCUT2D eigenvalue weighted by atomic mass is 15.1. The highest BCUT2D eigenvalue weighted by molar-refractivity contribution is 5.66. The number of rotatable bonds is 17. The Hall–Kier alpha value is -2.33. The van der Waals surface area contributed by atoms with Gasteiger partial charge in [-0.05, 0) is 93.5 Å². The van der Waals surface area contributed by atoms with E-state index in [9.17, 15) is 0 Å². The maximum atomic E-state index is 4.64. The SMILES string of the molecule is CC/C=C(\NCCN1CCC(CCc2ccccc2)CC1)c1ccnc(NCC(CCC)CCC2CC2)c1. The van der Waals surface area contributed by atoms with Gasteiger partial charge < -0.3 is 15.5 Å². The number of aryl methyl sites for hydroxylation is 1. The predicted octanol–water partition coefficient (Wildman–Crippen LogP) is 7.79. The molecule has 1 aliphatic heterocycles. The zero-order valence-electron chi connectivity index (χ0n) is 24.1. The molecule has 38 heavy (non-hydrogen) atoms. The molecule has 0 spiro atoms. The van der Waals surface area contributed by atoms with E-state index < -0.39 is 0 Å². The van der Waals surface area contributed by atoms with E-state index in [0.29, 0.717) is 0 Å². The molecule has 4 rings (SSSR count). The summed E-state index contributed by atoms with van der Waals surface area (Å²) < 4.78 is 0. The first-order valence-corrected chi connectivity index (χ1v) is 15.6. The number of benzene rings is 1. The van der Waals surface area contributed by atoms with Crippen LogP contribution in [0.15, 0.2) is 54.7 Å². The largest absolute Gasteiger partial charge is 0.384 e. The molecule has 0 amide bonds. The number of aromatic nitrogens is 1. The van der Waals surface area contributed by atoms with E-state index in [4.69, 9.17) is 0 Å². The van der Waals surface area contributed by atoms with Gasteiger partial charge in [0.15, 0.2) is 0 Å². The van der Waals surface area contributed by atoms with Gasteiger partial charge >= 0.3 is 0 Å². The minimum Gasteiger partial charge on any atom is -0.384 e. The molecule has 2 heterocycles. The molecule has 1 saturated carbocycles. The van der Waals surface area contributed by atoms with Crippen LogP contribution >= 0.6 is 0 Å². The zero-order valence-corrected chi connectivity index (χ0v) is 24.1. The van der Waals surface area contributed by atoms with Crippen LogP contribution in [0.3, 0.4) is 0 Å². The van der Waals surface area contributed by atoms with Crippen LogP contribution in [0.1, 0.15) is 89.2 Å². The molecule has 1 aromatic carbocycles. The Labute approximate surface area is 232 Å². The van der Waals surface area contributed by atoms with E-state index in [1.54, 1.807) is 0 Å². The Bertz CT molecular complexity index is 944. The maximum Gasteiger partial charge on any atom is 0.126 e. The van der Waals surface area contributed by atoms with Crippen molar-refractivity contribution in [3.8, 4) is 0 Å². The predicted molar refractivity (Wildman–Crippen MR) is 163 cm³/mol. The highest BCUT2D eigenvalue weighted by Crippen LogP contribution is 2.35. The topological polar surface area (TPSA) is 40.2 Å². The quantitative estimate of drug-likeness (QED) is 0.225. The third-order valence-corrected chi connectivity index (χ3v) is 8.56. The number of anilines is 1. The van der Waals surface area contributed by atoms with Crippen LogP contribution < -0.4 is 10.6 Å². The molecular weight excluding hydrogens is 464 g/mol. The Morgan fingerprint density at radius 2 is 1.79 bits per heavy atom. The van der Waals surface area contributed by atoms with E-state index in [1.165, 1.54) is 94.1 Å². The lowest BCUT2D eigenvalue weighted by molar-refractivity contribution is 0.181. The van der Waals surface area contributed by atoms with Crippen molar-refractivity contribution in [2.45, 2.75) is 84.5 Å². The summed E-state index contributed by atoms with van der Waals surface area (Å²) in [6, 6.07) is 15.4. The second kappa shape index (κ2) is 15.9. The van der Waals surface area contributed by atoms with E-state index in [2.05, 4.69) is 82.9 Å². The van der Waals surface area contributed by atoms with Crippen LogP contribution in [0, 0.1) is 17.8 Å². The van der Waals surface area contributed by atoms with Gasteiger partial charge in [-0.25, -0.2) is 4.98 Å². The molecule has 2 aromatic rings. The Morgan fingerprint density at radius 1 is 1.00 bits per heavy atom. The van der Waals surface area contributed by atoms with Crippen molar-refractivity contribution < 1.29 is 0 Å². The van der Waals surface area contributed by atoms with Crippen molar-refractivity contribution in [3.05, 3.63) is 65.9 Å². The molecule has 208 valence electrons. The first-order chi connectivity index (χ1) is 18.7. The standard InChI is InChI=1S/C34H52N4/c1-3-8-31(17-16-29-13-14-29)27-37-34-26-32(18-21-36-34)33(9-4-2)35-22-25-38-23-19-30(20-24-38)15-12-28-10-6-5-7-11-28/h5-7,9-11,18,21,26,29-31,35H,3-4,8,12-17,19-20,22-25,27H2,1-2H3,(H,36,37)/b33-9-. The normalized spacial score (nSPS) is 17.9. The van der Waals surface area contributed by atoms with Crippen molar-refractivity contribution in [1.29, 1.82) is 0 Å². The van der Waals surface area contributed by atoms with Crippen LogP contribution in [0.25, 0.3) is 5.70 Å². The first kappa shape index (κ1) is 28.7. The fourth-order valence-corrected chi connectivity index (χ4v) is 5.94. The molecule has 2 N–H and O–H groups in total. The van der Waals surface area contributed by atoms with Gasteiger partial charge in [-0.3, -0.25) is 0 Å². The summed E-state index contributed by atoms with van der Waals surface area (Å²) in [4.78, 5) is 7.29. The van der Waals surface area contributed by atoms with Crippen molar-refractivity contribution in [2.24, 2.45) is 17.8 Å². The van der Waals surface area contributed by atoms with Crippen LogP contribution in [0.2, 0.25) is 0 Å². The minimum atomic E-state index is 0.761. The fraction of sp³-hybridized carbons (Fsp3) is 0.618.